The highest BCUT2D eigenvalue weighted by molar-refractivity contribution is 7.15. The highest BCUT2D eigenvalue weighted by Gasteiger charge is 2.12. The molecule has 0 aliphatic rings. The van der Waals surface area contributed by atoms with Crippen LogP contribution in [0.1, 0.15) is 10.6 Å². The van der Waals surface area contributed by atoms with E-state index in [4.69, 9.17) is 23.2 Å². The van der Waals surface area contributed by atoms with Gasteiger partial charge in [-0.25, -0.2) is 4.79 Å². The highest BCUT2D eigenvalue weighted by atomic mass is 35.5. The molecule has 0 fully saturated rings. The van der Waals surface area contributed by atoms with Crippen LogP contribution in [0.4, 0.5) is 15.6 Å². The largest absolute Gasteiger partial charge is 0.352 e. The molecular weight excluding hydrogens is 421 g/mol. The normalized spacial score (nSPS) is 10.4. The van der Waals surface area contributed by atoms with E-state index in [0.29, 0.717) is 27.3 Å². The third-order valence-electron chi connectivity index (χ3n) is 3.51. The Kier molecular flexibility index (Phi) is 6.80. The highest BCUT2D eigenvalue weighted by Crippen LogP contribution is 2.25. The molecule has 0 saturated carbocycles. The van der Waals surface area contributed by atoms with Crippen molar-refractivity contribution < 1.29 is 9.59 Å². The average molecular weight is 436 g/mol. The fraction of sp³-hybridized carbons (Fsp3) is 0.111. The fourth-order valence-electron chi connectivity index (χ4n) is 2.21. The van der Waals surface area contributed by atoms with Gasteiger partial charge in [0.2, 0.25) is 11.0 Å². The third-order valence-corrected chi connectivity index (χ3v) is 5.09. The number of carbonyl (C=O) groups excluding carboxylic acids is 2. The van der Waals surface area contributed by atoms with E-state index in [0.717, 1.165) is 16.9 Å². The number of nitrogens with one attached hydrogen (secondary N) is 3. The molecule has 7 nitrogen and oxygen atoms in total. The predicted octanol–water partition coefficient (Wildman–Crippen LogP) is 4.35. The molecule has 0 aliphatic carbocycles. The number of benzene rings is 2. The topological polar surface area (TPSA) is 96.0 Å². The van der Waals surface area contributed by atoms with E-state index in [1.54, 1.807) is 12.1 Å². The van der Waals surface area contributed by atoms with Gasteiger partial charge in [-0.05, 0) is 23.8 Å². The summed E-state index contributed by atoms with van der Waals surface area (Å²) in [5.74, 6) is -0.174. The Labute approximate surface area is 175 Å². The molecule has 1 heterocycles. The van der Waals surface area contributed by atoms with Gasteiger partial charge in [-0.15, -0.1) is 10.2 Å². The van der Waals surface area contributed by atoms with E-state index in [9.17, 15) is 9.59 Å². The Morgan fingerprint density at radius 1 is 0.964 bits per heavy atom. The van der Waals surface area contributed by atoms with Crippen LogP contribution in [0.25, 0.3) is 0 Å². The summed E-state index contributed by atoms with van der Waals surface area (Å²) in [7, 11) is 0. The van der Waals surface area contributed by atoms with Gasteiger partial charge in [0.15, 0.2) is 0 Å². The van der Waals surface area contributed by atoms with Crippen molar-refractivity contribution in [2.24, 2.45) is 0 Å². The monoisotopic (exact) mass is 435 g/mol. The number of carbonyl (C=O) groups is 2. The first kappa shape index (κ1) is 20.1. The molecule has 0 spiro atoms. The van der Waals surface area contributed by atoms with Gasteiger partial charge in [0.05, 0.1) is 16.5 Å². The van der Waals surface area contributed by atoms with Crippen molar-refractivity contribution in [1.82, 2.24) is 15.5 Å². The molecule has 3 N–H and O–H groups in total. The number of halogens is 2. The maximum atomic E-state index is 12.0. The maximum Gasteiger partial charge on any atom is 0.325 e. The smallest absolute Gasteiger partial charge is 0.325 e. The molecule has 10 heteroatoms. The maximum absolute atomic E-state index is 12.0. The van der Waals surface area contributed by atoms with E-state index in [-0.39, 0.29) is 17.5 Å². The van der Waals surface area contributed by atoms with E-state index in [1.807, 2.05) is 30.3 Å². The van der Waals surface area contributed by atoms with Gasteiger partial charge in [-0.3, -0.25) is 10.1 Å². The van der Waals surface area contributed by atoms with Crippen molar-refractivity contribution >= 4 is 57.3 Å². The number of amides is 3. The van der Waals surface area contributed by atoms with Crippen molar-refractivity contribution in [3.63, 3.8) is 0 Å². The van der Waals surface area contributed by atoms with Gasteiger partial charge in [0.25, 0.3) is 0 Å². The Morgan fingerprint density at radius 2 is 1.75 bits per heavy atom. The Balaban J connectivity index is 1.48. The first-order valence-electron chi connectivity index (χ1n) is 8.15. The quantitative estimate of drug-likeness (QED) is 0.536. The van der Waals surface area contributed by atoms with Crippen molar-refractivity contribution in [3.8, 4) is 0 Å². The number of rotatable bonds is 6. The molecule has 3 rings (SSSR count). The molecule has 1 aromatic heterocycles. The van der Waals surface area contributed by atoms with Gasteiger partial charge in [-0.2, -0.15) is 0 Å². The summed E-state index contributed by atoms with van der Waals surface area (Å²) in [6, 6.07) is 13.8. The fourth-order valence-corrected chi connectivity index (χ4v) is 3.24. The number of urea groups is 1. The first-order valence-corrected chi connectivity index (χ1v) is 9.73. The molecule has 3 amide bonds. The number of anilines is 2. The molecule has 0 radical (unpaired) electrons. The lowest BCUT2D eigenvalue weighted by Gasteiger charge is -2.06. The zero-order valence-electron chi connectivity index (χ0n) is 14.4. The van der Waals surface area contributed by atoms with Crippen LogP contribution in [0, 0.1) is 0 Å². The van der Waals surface area contributed by atoms with Crippen molar-refractivity contribution in [3.05, 3.63) is 69.1 Å². The lowest BCUT2D eigenvalue weighted by Crippen LogP contribution is -2.24. The molecule has 144 valence electrons. The Hall–Kier alpha value is -2.68. The molecule has 3 aromatic rings. The van der Waals surface area contributed by atoms with Gasteiger partial charge < -0.3 is 10.6 Å². The summed E-state index contributed by atoms with van der Waals surface area (Å²) < 4.78 is 0. The van der Waals surface area contributed by atoms with E-state index in [2.05, 4.69) is 26.1 Å². The zero-order valence-corrected chi connectivity index (χ0v) is 16.7. The lowest BCUT2D eigenvalue weighted by atomic mass is 10.2. The summed E-state index contributed by atoms with van der Waals surface area (Å²) in [6.07, 6.45) is 0.0839. The molecular formula is C18H15Cl2N5O2S. The minimum atomic E-state index is -0.505. The van der Waals surface area contributed by atoms with Gasteiger partial charge in [0.1, 0.15) is 5.01 Å². The SMILES string of the molecule is O=C(Cc1nnc(NC(=O)Nc2ccc(Cl)c(Cl)c2)s1)NCc1ccccc1. The summed E-state index contributed by atoms with van der Waals surface area (Å²) in [5, 5.41) is 17.3. The number of aromatic nitrogens is 2. The molecule has 0 bridgehead atoms. The predicted molar refractivity (Wildman–Crippen MR) is 111 cm³/mol. The van der Waals surface area contributed by atoms with Gasteiger partial charge in [0, 0.05) is 12.2 Å². The first-order chi connectivity index (χ1) is 13.5. The van der Waals surface area contributed by atoms with Crippen LogP contribution in [-0.4, -0.2) is 22.1 Å². The van der Waals surface area contributed by atoms with E-state index < -0.39 is 6.03 Å². The minimum Gasteiger partial charge on any atom is -0.352 e. The van der Waals surface area contributed by atoms with Crippen LogP contribution < -0.4 is 16.0 Å². The standard InChI is InChI=1S/C18H15Cl2N5O2S/c19-13-7-6-12(8-14(13)20)22-17(27)23-18-25-24-16(28-18)9-15(26)21-10-11-4-2-1-3-5-11/h1-8H,9-10H2,(H,21,26)(H2,22,23,25,27). The lowest BCUT2D eigenvalue weighted by molar-refractivity contribution is -0.120. The number of hydrogen-bond donors (Lipinski definition) is 3. The van der Waals surface area contributed by atoms with Crippen LogP contribution in [0.5, 0.6) is 0 Å². The number of hydrogen-bond acceptors (Lipinski definition) is 5. The minimum absolute atomic E-state index is 0.0839. The molecule has 0 unspecified atom stereocenters. The Bertz CT molecular complexity index is 981. The zero-order chi connectivity index (χ0) is 19.9. The van der Waals surface area contributed by atoms with E-state index in [1.165, 1.54) is 6.07 Å². The van der Waals surface area contributed by atoms with Crippen LogP contribution in [0.3, 0.4) is 0 Å². The van der Waals surface area contributed by atoms with Crippen LogP contribution in [0.15, 0.2) is 48.5 Å². The molecule has 0 atom stereocenters. The number of nitrogens with zero attached hydrogens (tertiary/aromatic N) is 2. The van der Waals surface area contributed by atoms with Crippen LogP contribution >= 0.6 is 34.5 Å². The van der Waals surface area contributed by atoms with Crippen molar-refractivity contribution in [1.29, 1.82) is 0 Å². The third kappa shape index (κ3) is 5.91. The summed E-state index contributed by atoms with van der Waals surface area (Å²) >= 11 is 12.9. The van der Waals surface area contributed by atoms with E-state index >= 15 is 0 Å². The van der Waals surface area contributed by atoms with Crippen LogP contribution in [0.2, 0.25) is 10.0 Å². The second-order valence-corrected chi connectivity index (χ2v) is 7.52. The second-order valence-electron chi connectivity index (χ2n) is 5.65. The van der Waals surface area contributed by atoms with Gasteiger partial charge in [-0.1, -0.05) is 64.9 Å². The van der Waals surface area contributed by atoms with Crippen molar-refractivity contribution in [2.75, 3.05) is 10.6 Å². The molecule has 2 aromatic carbocycles. The molecule has 28 heavy (non-hydrogen) atoms. The summed E-state index contributed by atoms with van der Waals surface area (Å²) in [6.45, 7) is 0.440. The molecule has 0 aliphatic heterocycles. The van der Waals surface area contributed by atoms with Crippen LogP contribution in [-0.2, 0) is 17.8 Å². The van der Waals surface area contributed by atoms with Crippen molar-refractivity contribution in [2.45, 2.75) is 13.0 Å². The van der Waals surface area contributed by atoms with Gasteiger partial charge >= 0.3 is 6.03 Å². The molecule has 0 saturated heterocycles. The summed E-state index contributed by atoms with van der Waals surface area (Å²) in [5.41, 5.74) is 1.49. The average Bonchev–Trinajstić information content (AvgIpc) is 3.10. The second kappa shape index (κ2) is 9.50. The summed E-state index contributed by atoms with van der Waals surface area (Å²) in [4.78, 5) is 24.1. The Morgan fingerprint density at radius 3 is 2.50 bits per heavy atom.